The number of anilines is 4. The lowest BCUT2D eigenvalue weighted by Crippen LogP contribution is -2.44. The highest BCUT2D eigenvalue weighted by molar-refractivity contribution is 5.77. The van der Waals surface area contributed by atoms with Gasteiger partial charge in [0.1, 0.15) is 5.82 Å². The summed E-state index contributed by atoms with van der Waals surface area (Å²) in [5, 5.41) is 3.50. The van der Waals surface area contributed by atoms with Crippen LogP contribution in [0.15, 0.2) is 43.0 Å². The molecule has 3 aromatic rings. The fourth-order valence-corrected chi connectivity index (χ4v) is 4.28. The molecule has 0 aliphatic carbocycles. The van der Waals surface area contributed by atoms with E-state index >= 15 is 0 Å². The van der Waals surface area contributed by atoms with E-state index < -0.39 is 0 Å². The first-order chi connectivity index (χ1) is 14.3. The van der Waals surface area contributed by atoms with Gasteiger partial charge in [-0.1, -0.05) is 0 Å². The van der Waals surface area contributed by atoms with Gasteiger partial charge < -0.3 is 24.4 Å². The molecule has 0 atom stereocenters. The Balaban J connectivity index is 1.37. The lowest BCUT2D eigenvalue weighted by atomic mass is 10.1. The van der Waals surface area contributed by atoms with Crippen LogP contribution in [0.25, 0.3) is 5.65 Å². The third-order valence-electron chi connectivity index (χ3n) is 6.07. The molecular weight excluding hydrogens is 362 g/mol. The Morgan fingerprint density at radius 2 is 1.66 bits per heavy atom. The zero-order valence-corrected chi connectivity index (χ0v) is 17.1. The molecule has 7 nitrogen and oxygen atoms in total. The van der Waals surface area contributed by atoms with Crippen LogP contribution < -0.4 is 15.1 Å². The predicted molar refractivity (Wildman–Crippen MR) is 118 cm³/mol. The van der Waals surface area contributed by atoms with Crippen LogP contribution in [0, 0.1) is 0 Å². The van der Waals surface area contributed by atoms with Crippen LogP contribution in [0.1, 0.15) is 19.3 Å². The molecule has 0 amide bonds. The van der Waals surface area contributed by atoms with E-state index in [9.17, 15) is 0 Å². The van der Waals surface area contributed by atoms with E-state index in [0.717, 1.165) is 56.4 Å². The van der Waals surface area contributed by atoms with Crippen LogP contribution in [0.5, 0.6) is 0 Å². The second kappa shape index (κ2) is 7.91. The van der Waals surface area contributed by atoms with Crippen LogP contribution in [0.2, 0.25) is 0 Å². The van der Waals surface area contributed by atoms with E-state index in [2.05, 4.69) is 65.8 Å². The third-order valence-corrected chi connectivity index (χ3v) is 6.07. The zero-order valence-electron chi connectivity index (χ0n) is 17.1. The normalized spacial score (nSPS) is 18.4. The number of rotatable bonds is 4. The Bertz CT molecular complexity index is 951. The maximum absolute atomic E-state index is 4.68. The molecule has 29 heavy (non-hydrogen) atoms. The first-order valence-corrected chi connectivity index (χ1v) is 10.6. The number of aromatic nitrogens is 3. The van der Waals surface area contributed by atoms with Gasteiger partial charge in [-0.15, -0.1) is 0 Å². The molecule has 1 N–H and O–H groups in total. The Morgan fingerprint density at radius 3 is 2.41 bits per heavy atom. The number of pyridine rings is 2. The topological polar surface area (TPSA) is 51.9 Å². The van der Waals surface area contributed by atoms with Gasteiger partial charge in [0.05, 0.1) is 23.3 Å². The molecule has 0 spiro atoms. The van der Waals surface area contributed by atoms with Gasteiger partial charge in [0.25, 0.3) is 0 Å². The minimum absolute atomic E-state index is 0.851. The summed E-state index contributed by atoms with van der Waals surface area (Å²) in [6.07, 6.45) is 11.9. The first kappa shape index (κ1) is 18.2. The highest BCUT2D eigenvalue weighted by Gasteiger charge is 2.16. The van der Waals surface area contributed by atoms with Crippen molar-refractivity contribution in [2.24, 2.45) is 0 Å². The molecule has 7 heteroatoms. The first-order valence-electron chi connectivity index (χ1n) is 10.6. The van der Waals surface area contributed by atoms with Crippen molar-refractivity contribution in [3.63, 3.8) is 0 Å². The molecule has 2 fully saturated rings. The average molecular weight is 392 g/mol. The van der Waals surface area contributed by atoms with E-state index in [1.54, 1.807) is 0 Å². The minimum Gasteiger partial charge on any atom is -0.370 e. The number of likely N-dealkylation sites (N-methyl/N-ethyl adjacent to an activating group) is 1. The molecule has 152 valence electrons. The zero-order chi connectivity index (χ0) is 19.6. The second-order valence-corrected chi connectivity index (χ2v) is 8.13. The van der Waals surface area contributed by atoms with Gasteiger partial charge in [0, 0.05) is 57.9 Å². The molecule has 2 aliphatic heterocycles. The van der Waals surface area contributed by atoms with Crippen molar-refractivity contribution >= 4 is 28.5 Å². The Kier molecular flexibility index (Phi) is 4.97. The van der Waals surface area contributed by atoms with E-state index in [0.29, 0.717) is 0 Å². The Morgan fingerprint density at radius 1 is 0.862 bits per heavy atom. The second-order valence-electron chi connectivity index (χ2n) is 8.13. The molecule has 0 bridgehead atoms. The van der Waals surface area contributed by atoms with Gasteiger partial charge in [0.15, 0.2) is 5.65 Å². The van der Waals surface area contributed by atoms with Gasteiger partial charge in [-0.3, -0.25) is 0 Å². The smallest absolute Gasteiger partial charge is 0.160 e. The Labute approximate surface area is 172 Å². The summed E-state index contributed by atoms with van der Waals surface area (Å²) in [7, 11) is 2.18. The molecule has 0 radical (unpaired) electrons. The van der Waals surface area contributed by atoms with Gasteiger partial charge in [-0.2, -0.15) is 0 Å². The molecule has 5 rings (SSSR count). The van der Waals surface area contributed by atoms with Gasteiger partial charge in [0.2, 0.25) is 0 Å². The maximum Gasteiger partial charge on any atom is 0.160 e. The van der Waals surface area contributed by atoms with Crippen LogP contribution in [0.4, 0.5) is 22.9 Å². The number of fused-ring (bicyclic) bond motifs is 1. The molecule has 0 saturated carbocycles. The van der Waals surface area contributed by atoms with Crippen molar-refractivity contribution in [2.45, 2.75) is 19.3 Å². The predicted octanol–water partition coefficient (Wildman–Crippen LogP) is 3.22. The van der Waals surface area contributed by atoms with Crippen molar-refractivity contribution in [3.05, 3.63) is 43.0 Å². The van der Waals surface area contributed by atoms with Crippen molar-refractivity contribution in [3.8, 4) is 0 Å². The minimum atomic E-state index is 0.851. The van der Waals surface area contributed by atoms with Crippen LogP contribution >= 0.6 is 0 Å². The van der Waals surface area contributed by atoms with Crippen molar-refractivity contribution in [1.29, 1.82) is 0 Å². The molecule has 2 aliphatic rings. The number of nitrogens with one attached hydrogen (secondary N) is 1. The molecule has 3 aromatic heterocycles. The van der Waals surface area contributed by atoms with Crippen molar-refractivity contribution < 1.29 is 0 Å². The van der Waals surface area contributed by atoms with Crippen LogP contribution in [-0.4, -0.2) is 65.6 Å². The summed E-state index contributed by atoms with van der Waals surface area (Å²) in [5.74, 6) is 0.851. The maximum atomic E-state index is 4.68. The number of imidazole rings is 1. The highest BCUT2D eigenvalue weighted by atomic mass is 15.3. The van der Waals surface area contributed by atoms with Crippen molar-refractivity contribution in [1.82, 2.24) is 19.3 Å². The number of piperazine rings is 1. The highest BCUT2D eigenvalue weighted by Crippen LogP contribution is 2.28. The summed E-state index contributed by atoms with van der Waals surface area (Å²) in [4.78, 5) is 16.5. The summed E-state index contributed by atoms with van der Waals surface area (Å²) < 4.78 is 2.10. The number of hydrogen-bond donors (Lipinski definition) is 1. The van der Waals surface area contributed by atoms with Gasteiger partial charge in [-0.25, -0.2) is 9.97 Å². The lowest BCUT2D eigenvalue weighted by molar-refractivity contribution is 0.313. The molecule has 0 unspecified atom stereocenters. The number of nitrogens with zero attached hydrogens (tertiary/aromatic N) is 6. The Hall–Kier alpha value is -2.80. The van der Waals surface area contributed by atoms with E-state index in [-0.39, 0.29) is 0 Å². The molecule has 0 aromatic carbocycles. The molecule has 5 heterocycles. The molecular formula is C22H29N7. The largest absolute Gasteiger partial charge is 0.370 e. The number of hydrogen-bond acceptors (Lipinski definition) is 6. The monoisotopic (exact) mass is 391 g/mol. The van der Waals surface area contributed by atoms with E-state index in [4.69, 9.17) is 0 Å². The fourth-order valence-electron chi connectivity index (χ4n) is 4.28. The van der Waals surface area contributed by atoms with E-state index in [1.165, 1.54) is 30.6 Å². The quantitative estimate of drug-likeness (QED) is 0.737. The summed E-state index contributed by atoms with van der Waals surface area (Å²) in [6.45, 7) is 6.55. The van der Waals surface area contributed by atoms with Crippen LogP contribution in [0.3, 0.4) is 0 Å². The van der Waals surface area contributed by atoms with Gasteiger partial charge >= 0.3 is 0 Å². The van der Waals surface area contributed by atoms with E-state index in [1.807, 2.05) is 18.6 Å². The third kappa shape index (κ3) is 3.87. The standard InChI is InChI=1S/C22H29N7/c1-26-11-13-28(14-12-26)18-5-6-21(24-16-18)25-20-15-19(27-8-3-2-4-9-27)17-29-10-7-23-22(20)29/h5-7,10,15-17H,2-4,8-9,11-14H2,1H3,(H,24,25). The SMILES string of the molecule is CN1CCN(c2ccc(Nc3cc(N4CCCCC4)cn4ccnc34)nc2)CC1. The fraction of sp³-hybridized carbons (Fsp3) is 0.455. The lowest BCUT2D eigenvalue weighted by Gasteiger charge is -2.33. The summed E-state index contributed by atoms with van der Waals surface area (Å²) in [6, 6.07) is 6.45. The van der Waals surface area contributed by atoms with Gasteiger partial charge in [-0.05, 0) is 44.5 Å². The number of piperidine rings is 1. The van der Waals surface area contributed by atoms with Crippen molar-refractivity contribution in [2.75, 3.05) is 61.4 Å². The summed E-state index contributed by atoms with van der Waals surface area (Å²) in [5.41, 5.74) is 4.36. The molecule has 2 saturated heterocycles. The van der Waals surface area contributed by atoms with Crippen LogP contribution in [-0.2, 0) is 0 Å². The average Bonchev–Trinajstić information content (AvgIpc) is 3.25. The summed E-state index contributed by atoms with van der Waals surface area (Å²) >= 11 is 0.